The first-order valence-corrected chi connectivity index (χ1v) is 5.40. The molecule has 0 radical (unpaired) electrons. The summed E-state index contributed by atoms with van der Waals surface area (Å²) in [5.41, 5.74) is 0. The van der Waals surface area contributed by atoms with Crippen LogP contribution in [0.25, 0.3) is 0 Å². The van der Waals surface area contributed by atoms with E-state index in [2.05, 4.69) is 0 Å². The van der Waals surface area contributed by atoms with Gasteiger partial charge in [-0.3, -0.25) is 0 Å². The Morgan fingerprint density at radius 3 is 2.67 bits per heavy atom. The van der Waals surface area contributed by atoms with Crippen LogP contribution in [0.1, 0.15) is 6.92 Å². The molecule has 0 fully saturated rings. The molecule has 2 rings (SSSR count). The van der Waals surface area contributed by atoms with Gasteiger partial charge in [0.15, 0.2) is 9.84 Å². The SMILES string of the molecule is C[C@]12C=CC=C[C@H](C=C1)S2(=O)=O. The summed E-state index contributed by atoms with van der Waals surface area (Å²) >= 11 is 0. The third-order valence-corrected chi connectivity index (χ3v) is 4.96. The molecule has 0 unspecified atom stereocenters. The van der Waals surface area contributed by atoms with Crippen molar-refractivity contribution >= 4 is 9.84 Å². The largest absolute Gasteiger partial charge is 0.227 e. The summed E-state index contributed by atoms with van der Waals surface area (Å²) in [6.07, 6.45) is 10.5. The van der Waals surface area contributed by atoms with Gasteiger partial charge in [-0.1, -0.05) is 36.5 Å². The Morgan fingerprint density at radius 2 is 1.92 bits per heavy atom. The van der Waals surface area contributed by atoms with Gasteiger partial charge in [0, 0.05) is 0 Å². The molecule has 2 aliphatic rings. The second-order valence-electron chi connectivity index (χ2n) is 3.30. The summed E-state index contributed by atoms with van der Waals surface area (Å²) in [4.78, 5) is 0. The van der Waals surface area contributed by atoms with E-state index in [1.165, 1.54) is 0 Å². The van der Waals surface area contributed by atoms with Gasteiger partial charge in [0.2, 0.25) is 0 Å². The van der Waals surface area contributed by atoms with Crippen molar-refractivity contribution in [3.05, 3.63) is 36.5 Å². The summed E-state index contributed by atoms with van der Waals surface area (Å²) in [5, 5.41) is -0.419. The van der Waals surface area contributed by atoms with Crippen molar-refractivity contribution in [3.8, 4) is 0 Å². The van der Waals surface area contributed by atoms with Gasteiger partial charge in [-0.2, -0.15) is 0 Å². The van der Waals surface area contributed by atoms with Gasteiger partial charge in [-0.25, -0.2) is 8.42 Å². The van der Waals surface area contributed by atoms with Crippen LogP contribution in [0.4, 0.5) is 0 Å². The summed E-state index contributed by atoms with van der Waals surface area (Å²) in [6.45, 7) is 1.72. The molecule has 64 valence electrons. The van der Waals surface area contributed by atoms with Gasteiger partial charge in [0.05, 0.1) is 5.25 Å². The highest BCUT2D eigenvalue weighted by molar-refractivity contribution is 7.94. The Hall–Kier alpha value is -0.830. The highest BCUT2D eigenvalue weighted by atomic mass is 32.2. The van der Waals surface area contributed by atoms with Crippen molar-refractivity contribution in [2.24, 2.45) is 0 Å². The molecule has 0 saturated carbocycles. The quantitative estimate of drug-likeness (QED) is 0.528. The van der Waals surface area contributed by atoms with Crippen molar-refractivity contribution in [3.63, 3.8) is 0 Å². The van der Waals surface area contributed by atoms with Crippen molar-refractivity contribution in [1.82, 2.24) is 0 Å². The first kappa shape index (κ1) is 7.80. The maximum absolute atomic E-state index is 11.8. The van der Waals surface area contributed by atoms with Crippen molar-refractivity contribution in [2.75, 3.05) is 0 Å². The lowest BCUT2D eigenvalue weighted by atomic mass is 10.1. The van der Waals surface area contributed by atoms with E-state index in [0.29, 0.717) is 0 Å². The van der Waals surface area contributed by atoms with Gasteiger partial charge in [0.25, 0.3) is 0 Å². The van der Waals surface area contributed by atoms with E-state index in [4.69, 9.17) is 0 Å². The Bertz CT molecular complexity index is 387. The predicted octanol–water partition coefficient (Wildman–Crippen LogP) is 1.22. The maximum Gasteiger partial charge on any atom is 0.172 e. The minimum Gasteiger partial charge on any atom is -0.227 e. The Morgan fingerprint density at radius 1 is 1.17 bits per heavy atom. The molecule has 0 amide bonds. The summed E-state index contributed by atoms with van der Waals surface area (Å²) in [7, 11) is -3.05. The molecular weight excluding hydrogens is 172 g/mol. The summed E-state index contributed by atoms with van der Waals surface area (Å²) < 4.78 is 22.7. The smallest absolute Gasteiger partial charge is 0.172 e. The molecule has 0 aliphatic carbocycles. The van der Waals surface area contributed by atoms with Gasteiger partial charge in [-0.15, -0.1) is 0 Å². The molecule has 3 heteroatoms. The van der Waals surface area contributed by atoms with E-state index >= 15 is 0 Å². The van der Waals surface area contributed by atoms with E-state index in [9.17, 15) is 8.42 Å². The van der Waals surface area contributed by atoms with Crippen LogP contribution in [0.3, 0.4) is 0 Å². The molecule has 12 heavy (non-hydrogen) atoms. The second-order valence-corrected chi connectivity index (χ2v) is 5.81. The molecule has 0 N–H and O–H groups in total. The first-order chi connectivity index (χ1) is 5.56. The number of sulfone groups is 1. The lowest BCUT2D eigenvalue weighted by molar-refractivity contribution is 0.583. The third-order valence-electron chi connectivity index (χ3n) is 2.43. The molecule has 0 aromatic carbocycles. The van der Waals surface area contributed by atoms with Gasteiger partial charge in [0.1, 0.15) is 4.75 Å². The number of rotatable bonds is 0. The van der Waals surface area contributed by atoms with Gasteiger partial charge >= 0.3 is 0 Å². The first-order valence-electron chi connectivity index (χ1n) is 3.85. The number of hydrogen-bond acceptors (Lipinski definition) is 2. The van der Waals surface area contributed by atoms with Crippen LogP contribution < -0.4 is 0 Å². The summed E-state index contributed by atoms with van der Waals surface area (Å²) in [5.74, 6) is 0. The third kappa shape index (κ3) is 0.771. The minimum atomic E-state index is -3.05. The summed E-state index contributed by atoms with van der Waals surface area (Å²) in [6, 6.07) is 0. The molecule has 0 spiro atoms. The Labute approximate surface area is 72.2 Å². The lowest BCUT2D eigenvalue weighted by Crippen LogP contribution is -2.31. The topological polar surface area (TPSA) is 34.1 Å². The predicted molar refractivity (Wildman–Crippen MR) is 48.5 cm³/mol. The molecule has 2 heterocycles. The Kier molecular flexibility index (Phi) is 1.37. The van der Waals surface area contributed by atoms with Crippen LogP contribution in [-0.2, 0) is 9.84 Å². The average molecular weight is 182 g/mol. The zero-order valence-electron chi connectivity index (χ0n) is 6.77. The van der Waals surface area contributed by atoms with E-state index in [-0.39, 0.29) is 0 Å². The van der Waals surface area contributed by atoms with Crippen LogP contribution in [0.5, 0.6) is 0 Å². The molecule has 0 aromatic rings. The average Bonchev–Trinajstić information content (AvgIpc) is 2.09. The maximum atomic E-state index is 11.8. The zero-order chi connectivity index (χ0) is 8.82. The van der Waals surface area contributed by atoms with Crippen LogP contribution in [0.15, 0.2) is 36.5 Å². The highest BCUT2D eigenvalue weighted by Crippen LogP contribution is 2.34. The monoisotopic (exact) mass is 182 g/mol. The van der Waals surface area contributed by atoms with Crippen LogP contribution in [-0.4, -0.2) is 18.4 Å². The van der Waals surface area contributed by atoms with Crippen LogP contribution >= 0.6 is 0 Å². The lowest BCUT2D eigenvalue weighted by Gasteiger charge is -2.17. The molecular formula is C9H10O2S. The van der Waals surface area contributed by atoms with Gasteiger partial charge < -0.3 is 0 Å². The van der Waals surface area contributed by atoms with Crippen molar-refractivity contribution in [1.29, 1.82) is 0 Å². The zero-order valence-corrected chi connectivity index (χ0v) is 7.58. The van der Waals surface area contributed by atoms with Crippen molar-refractivity contribution in [2.45, 2.75) is 16.9 Å². The molecule has 2 nitrogen and oxygen atoms in total. The normalized spacial score (nSPS) is 41.6. The number of hydrogen-bond donors (Lipinski definition) is 0. The molecule has 2 aliphatic heterocycles. The fourth-order valence-electron chi connectivity index (χ4n) is 1.52. The molecule has 2 bridgehead atoms. The second kappa shape index (κ2) is 2.10. The van der Waals surface area contributed by atoms with E-state index < -0.39 is 19.8 Å². The van der Waals surface area contributed by atoms with Crippen molar-refractivity contribution < 1.29 is 8.42 Å². The van der Waals surface area contributed by atoms with Crippen LogP contribution in [0.2, 0.25) is 0 Å². The molecule has 2 atom stereocenters. The van der Waals surface area contributed by atoms with Crippen LogP contribution in [0, 0.1) is 0 Å². The highest BCUT2D eigenvalue weighted by Gasteiger charge is 2.43. The Balaban J connectivity index is 2.70. The molecule has 0 aromatic heterocycles. The minimum absolute atomic E-state index is 0.419. The molecule has 0 saturated heterocycles. The van der Waals surface area contributed by atoms with E-state index in [1.807, 2.05) is 0 Å². The van der Waals surface area contributed by atoms with E-state index in [1.54, 1.807) is 43.4 Å². The van der Waals surface area contributed by atoms with Gasteiger partial charge in [-0.05, 0) is 6.92 Å². The standard InChI is InChI=1S/C9H10O2S/c1-9-6-3-2-4-8(5-7-9)12(9,10)11/h2-8H,1H3/t8-,9+/m1/s1. The number of allylic oxidation sites excluding steroid dienone is 2. The van der Waals surface area contributed by atoms with E-state index in [0.717, 1.165) is 0 Å². The fraction of sp³-hybridized carbons (Fsp3) is 0.333. The fourth-order valence-corrected chi connectivity index (χ4v) is 3.22. The number of fused-ring (bicyclic) bond motifs is 2.